The predicted molar refractivity (Wildman–Crippen MR) is 119 cm³/mol. The number of fused-ring (bicyclic) bond motifs is 1. The average molecular weight is 412 g/mol. The highest BCUT2D eigenvalue weighted by Crippen LogP contribution is 2.51. The molecule has 5 heteroatoms. The van der Waals surface area contributed by atoms with E-state index in [1.807, 2.05) is 84.9 Å². The van der Waals surface area contributed by atoms with Crippen LogP contribution in [0.15, 0.2) is 84.9 Å². The molecule has 2 amide bonds. The Morgan fingerprint density at radius 2 is 1.55 bits per heavy atom. The summed E-state index contributed by atoms with van der Waals surface area (Å²) < 4.78 is 6.00. The van der Waals surface area contributed by atoms with E-state index in [9.17, 15) is 9.59 Å². The molecule has 156 valence electrons. The third kappa shape index (κ3) is 3.67. The smallest absolute Gasteiger partial charge is 0.263 e. The molecule has 2 aliphatic rings. The highest BCUT2D eigenvalue weighted by Gasteiger charge is 2.54. The summed E-state index contributed by atoms with van der Waals surface area (Å²) in [5.41, 5.74) is 2.27. The van der Waals surface area contributed by atoms with Crippen molar-refractivity contribution in [3.63, 3.8) is 0 Å². The number of carbonyl (C=O) groups is 2. The highest BCUT2D eigenvalue weighted by molar-refractivity contribution is 6.05. The molecule has 1 aliphatic carbocycles. The number of nitrogens with zero attached hydrogens (tertiary/aromatic N) is 1. The Hall–Kier alpha value is -3.60. The second kappa shape index (κ2) is 7.91. The monoisotopic (exact) mass is 412 g/mol. The number of benzene rings is 3. The minimum atomic E-state index is -0.755. The van der Waals surface area contributed by atoms with Crippen LogP contribution in [0, 0.1) is 0 Å². The first-order chi connectivity index (χ1) is 15.2. The van der Waals surface area contributed by atoms with Crippen LogP contribution < -0.4 is 15.0 Å². The number of ether oxygens (including phenoxy) is 1. The van der Waals surface area contributed by atoms with E-state index in [-0.39, 0.29) is 18.4 Å². The van der Waals surface area contributed by atoms with Gasteiger partial charge in [0.15, 0.2) is 6.10 Å². The molecule has 1 heterocycles. The van der Waals surface area contributed by atoms with Gasteiger partial charge in [0, 0.05) is 6.54 Å². The van der Waals surface area contributed by atoms with Gasteiger partial charge in [-0.15, -0.1) is 0 Å². The van der Waals surface area contributed by atoms with Gasteiger partial charge in [0.25, 0.3) is 5.91 Å². The lowest BCUT2D eigenvalue weighted by Gasteiger charge is -2.36. The van der Waals surface area contributed by atoms with Crippen LogP contribution >= 0.6 is 0 Å². The molecule has 3 aromatic carbocycles. The molecule has 5 rings (SSSR count). The molecule has 1 saturated carbocycles. The number of nitrogens with one attached hydrogen (secondary N) is 1. The second-order valence-electron chi connectivity index (χ2n) is 8.14. The summed E-state index contributed by atoms with van der Waals surface area (Å²) in [5.74, 6) is 0.377. The first kappa shape index (κ1) is 19.4. The zero-order chi connectivity index (χ0) is 21.3. The summed E-state index contributed by atoms with van der Waals surface area (Å²) in [5, 5.41) is 2.94. The molecular weight excluding hydrogens is 388 g/mol. The number of hydrogen-bond donors (Lipinski definition) is 1. The van der Waals surface area contributed by atoms with E-state index >= 15 is 0 Å². The van der Waals surface area contributed by atoms with Gasteiger partial charge in [0.2, 0.25) is 5.91 Å². The van der Waals surface area contributed by atoms with Crippen LogP contribution in [0.3, 0.4) is 0 Å². The maximum absolute atomic E-state index is 13.7. The Morgan fingerprint density at radius 3 is 2.26 bits per heavy atom. The van der Waals surface area contributed by atoms with Crippen LogP contribution in [-0.2, 0) is 21.5 Å². The Morgan fingerprint density at radius 1 is 0.903 bits per heavy atom. The maximum Gasteiger partial charge on any atom is 0.263 e. The second-order valence-corrected chi connectivity index (χ2v) is 8.14. The Kier molecular flexibility index (Phi) is 4.94. The Bertz CT molecular complexity index is 1090. The summed E-state index contributed by atoms with van der Waals surface area (Å²) in [6, 6.07) is 27.1. The number of rotatable bonds is 5. The van der Waals surface area contributed by atoms with Crippen molar-refractivity contribution in [2.75, 3.05) is 11.4 Å². The standard InChI is InChI=1S/C26H24N2O3/c29-24(27-17-19-9-3-1-4-10-19)23-18-28(21-13-7-8-14-22(21)31-23)25(30)26(15-16-26)20-11-5-2-6-12-20/h1-14,23H,15-18H2,(H,27,29)/t23-/m0/s1. The topological polar surface area (TPSA) is 58.6 Å². The molecule has 5 nitrogen and oxygen atoms in total. The van der Waals surface area contributed by atoms with Crippen molar-refractivity contribution >= 4 is 17.5 Å². The van der Waals surface area contributed by atoms with Gasteiger partial charge in [-0.2, -0.15) is 0 Å². The molecule has 0 saturated heterocycles. The molecule has 0 aromatic heterocycles. The van der Waals surface area contributed by atoms with E-state index in [1.165, 1.54) is 0 Å². The third-order valence-electron chi connectivity index (χ3n) is 6.11. The van der Waals surface area contributed by atoms with Crippen LogP contribution in [-0.4, -0.2) is 24.5 Å². The van der Waals surface area contributed by atoms with Crippen LogP contribution in [0.2, 0.25) is 0 Å². The van der Waals surface area contributed by atoms with Crippen LogP contribution in [0.25, 0.3) is 0 Å². The first-order valence-electron chi connectivity index (χ1n) is 10.6. The SMILES string of the molecule is O=C(NCc1ccccc1)[C@@H]1CN(C(=O)C2(c3ccccc3)CC2)c2ccccc2O1. The molecule has 3 aromatic rings. The van der Waals surface area contributed by atoms with Gasteiger partial charge in [-0.1, -0.05) is 72.8 Å². The fourth-order valence-electron chi connectivity index (χ4n) is 4.23. The summed E-state index contributed by atoms with van der Waals surface area (Å²) in [4.78, 5) is 28.4. The fraction of sp³-hybridized carbons (Fsp3) is 0.231. The lowest BCUT2D eigenvalue weighted by Crippen LogP contribution is -2.52. The number of amides is 2. The van der Waals surface area contributed by atoms with Gasteiger partial charge in [0.05, 0.1) is 17.6 Å². The molecule has 0 spiro atoms. The van der Waals surface area contributed by atoms with Gasteiger partial charge >= 0.3 is 0 Å². The quantitative estimate of drug-likeness (QED) is 0.693. The molecule has 0 unspecified atom stereocenters. The molecule has 1 N–H and O–H groups in total. The minimum Gasteiger partial charge on any atom is -0.477 e. The molecular formula is C26H24N2O3. The van der Waals surface area contributed by atoms with Crippen molar-refractivity contribution in [2.45, 2.75) is 30.9 Å². The predicted octanol–water partition coefficient (Wildman–Crippen LogP) is 3.83. The van der Waals surface area contributed by atoms with E-state index in [1.54, 1.807) is 4.90 Å². The van der Waals surface area contributed by atoms with Crippen molar-refractivity contribution in [2.24, 2.45) is 0 Å². The van der Waals surface area contributed by atoms with Gasteiger partial charge in [0.1, 0.15) is 5.75 Å². The molecule has 1 aliphatic heterocycles. The van der Waals surface area contributed by atoms with Crippen LogP contribution in [0.1, 0.15) is 24.0 Å². The van der Waals surface area contributed by atoms with E-state index in [2.05, 4.69) is 5.32 Å². The molecule has 0 radical (unpaired) electrons. The number of para-hydroxylation sites is 2. The zero-order valence-corrected chi connectivity index (χ0v) is 17.2. The van der Waals surface area contributed by atoms with Crippen molar-refractivity contribution in [1.29, 1.82) is 0 Å². The van der Waals surface area contributed by atoms with Gasteiger partial charge < -0.3 is 15.0 Å². The number of carbonyl (C=O) groups excluding carboxylic acids is 2. The first-order valence-corrected chi connectivity index (χ1v) is 10.6. The lowest BCUT2D eigenvalue weighted by atomic mass is 9.93. The van der Waals surface area contributed by atoms with Crippen LogP contribution in [0.5, 0.6) is 5.75 Å². The van der Waals surface area contributed by atoms with Crippen LogP contribution in [0.4, 0.5) is 5.69 Å². The van der Waals surface area contributed by atoms with Crippen molar-refractivity contribution in [3.05, 3.63) is 96.1 Å². The largest absolute Gasteiger partial charge is 0.477 e. The average Bonchev–Trinajstić information content (AvgIpc) is 3.65. The van der Waals surface area contributed by atoms with E-state index in [0.717, 1.165) is 29.7 Å². The van der Waals surface area contributed by atoms with E-state index in [0.29, 0.717) is 12.3 Å². The molecule has 0 bridgehead atoms. The highest BCUT2D eigenvalue weighted by atomic mass is 16.5. The van der Waals surface area contributed by atoms with Crippen molar-refractivity contribution in [1.82, 2.24) is 5.32 Å². The van der Waals surface area contributed by atoms with Gasteiger partial charge in [-0.25, -0.2) is 0 Å². The van der Waals surface area contributed by atoms with E-state index in [4.69, 9.17) is 4.74 Å². The summed E-state index contributed by atoms with van der Waals surface area (Å²) in [6.45, 7) is 0.619. The fourth-order valence-corrected chi connectivity index (χ4v) is 4.23. The number of hydrogen-bond acceptors (Lipinski definition) is 3. The normalized spacial score (nSPS) is 18.5. The minimum absolute atomic E-state index is 0.0373. The van der Waals surface area contributed by atoms with Crippen molar-refractivity contribution in [3.8, 4) is 5.75 Å². The molecule has 1 fully saturated rings. The van der Waals surface area contributed by atoms with E-state index < -0.39 is 11.5 Å². The van der Waals surface area contributed by atoms with Gasteiger partial charge in [-0.3, -0.25) is 9.59 Å². The Balaban J connectivity index is 1.38. The zero-order valence-electron chi connectivity index (χ0n) is 17.2. The summed E-state index contributed by atoms with van der Waals surface area (Å²) in [7, 11) is 0. The number of anilines is 1. The maximum atomic E-state index is 13.7. The third-order valence-corrected chi connectivity index (χ3v) is 6.11. The van der Waals surface area contributed by atoms with Crippen molar-refractivity contribution < 1.29 is 14.3 Å². The molecule has 31 heavy (non-hydrogen) atoms. The van der Waals surface area contributed by atoms with Gasteiger partial charge in [-0.05, 0) is 36.1 Å². The molecule has 1 atom stereocenters. The summed E-state index contributed by atoms with van der Waals surface area (Å²) in [6.07, 6.45) is 0.884. The Labute approximate surface area is 181 Å². The lowest BCUT2D eigenvalue weighted by molar-refractivity contribution is -0.128. The summed E-state index contributed by atoms with van der Waals surface area (Å²) >= 11 is 0.